The van der Waals surface area contributed by atoms with Gasteiger partial charge in [-0.15, -0.1) is 6.58 Å². The van der Waals surface area contributed by atoms with Crippen LogP contribution in [0.1, 0.15) is 18.5 Å². The average Bonchev–Trinajstić information content (AvgIpc) is 2.99. The molecule has 0 aliphatic carbocycles. The summed E-state index contributed by atoms with van der Waals surface area (Å²) in [6.07, 6.45) is 1.66. The molecule has 0 bridgehead atoms. The Labute approximate surface area is 159 Å². The summed E-state index contributed by atoms with van der Waals surface area (Å²) in [5, 5.41) is 2.96. The third-order valence-corrected chi connectivity index (χ3v) is 4.70. The molecule has 1 aromatic carbocycles. The quantitative estimate of drug-likeness (QED) is 0.711. The van der Waals surface area contributed by atoms with Crippen LogP contribution < -0.4 is 10.1 Å². The summed E-state index contributed by atoms with van der Waals surface area (Å²) in [5.74, 6) is 0.681. The number of amides is 3. The Morgan fingerprint density at radius 3 is 2.67 bits per heavy atom. The van der Waals surface area contributed by atoms with Crippen LogP contribution in [0, 0.1) is 0 Å². The predicted octanol–water partition coefficient (Wildman–Crippen LogP) is 2.08. The number of carbonyl (C=O) groups excluding carboxylic acids is 2. The molecule has 7 heteroatoms. The highest BCUT2D eigenvalue weighted by Crippen LogP contribution is 2.36. The van der Waals surface area contributed by atoms with Crippen LogP contribution in [0.15, 0.2) is 48.2 Å². The first-order chi connectivity index (χ1) is 13.1. The number of nitrogens with one attached hydrogen (secondary N) is 1. The lowest BCUT2D eigenvalue weighted by Gasteiger charge is -2.33. The van der Waals surface area contributed by atoms with E-state index in [2.05, 4.69) is 11.9 Å². The monoisotopic (exact) mass is 371 g/mol. The van der Waals surface area contributed by atoms with E-state index < -0.39 is 6.04 Å². The zero-order valence-electron chi connectivity index (χ0n) is 15.7. The number of urea groups is 1. The van der Waals surface area contributed by atoms with Crippen molar-refractivity contribution >= 4 is 11.9 Å². The first kappa shape index (κ1) is 19.0. The Balaban J connectivity index is 1.95. The molecule has 0 aromatic heterocycles. The number of methoxy groups -OCH3 is 1. The lowest BCUT2D eigenvalue weighted by molar-refractivity contribution is -0.126. The molecule has 2 aliphatic rings. The van der Waals surface area contributed by atoms with E-state index in [4.69, 9.17) is 9.47 Å². The standard InChI is InChI=1S/C20H25N3O4/c1-4-10-23-16-13-22(11-12-26-3)19(24)17(16)18(21-20(23)25)14-6-8-15(9-7-14)27-5-2/h4,6-9,18H,1,5,10-13H2,2-3H3,(H,21,25)/t18-/m1/s1. The van der Waals surface area contributed by atoms with Gasteiger partial charge in [-0.3, -0.25) is 9.69 Å². The van der Waals surface area contributed by atoms with Gasteiger partial charge >= 0.3 is 6.03 Å². The highest BCUT2D eigenvalue weighted by molar-refractivity contribution is 6.01. The number of nitrogens with zero attached hydrogens (tertiary/aromatic N) is 2. The molecule has 1 N–H and O–H groups in total. The summed E-state index contributed by atoms with van der Waals surface area (Å²) >= 11 is 0. The third kappa shape index (κ3) is 3.68. The predicted molar refractivity (Wildman–Crippen MR) is 101 cm³/mol. The van der Waals surface area contributed by atoms with Crippen LogP contribution in [0.3, 0.4) is 0 Å². The maximum absolute atomic E-state index is 13.0. The van der Waals surface area contributed by atoms with E-state index in [1.807, 2.05) is 31.2 Å². The van der Waals surface area contributed by atoms with E-state index in [9.17, 15) is 9.59 Å². The van der Waals surface area contributed by atoms with Crippen LogP contribution in [0.25, 0.3) is 0 Å². The summed E-state index contributed by atoms with van der Waals surface area (Å²) in [7, 11) is 1.60. The lowest BCUT2D eigenvalue weighted by atomic mass is 9.95. The molecule has 2 heterocycles. The Hall–Kier alpha value is -2.80. The molecule has 1 atom stereocenters. The maximum atomic E-state index is 13.0. The summed E-state index contributed by atoms with van der Waals surface area (Å²) in [5.41, 5.74) is 2.19. The van der Waals surface area contributed by atoms with E-state index in [1.165, 1.54) is 0 Å². The van der Waals surface area contributed by atoms with Crippen LogP contribution in [0.4, 0.5) is 4.79 Å². The van der Waals surface area contributed by atoms with Crippen LogP contribution in [0.5, 0.6) is 5.75 Å². The summed E-state index contributed by atoms with van der Waals surface area (Å²) in [4.78, 5) is 29.0. The number of benzene rings is 1. The fourth-order valence-corrected chi connectivity index (χ4v) is 3.43. The van der Waals surface area contributed by atoms with Gasteiger partial charge in [-0.2, -0.15) is 0 Å². The maximum Gasteiger partial charge on any atom is 0.322 e. The van der Waals surface area contributed by atoms with Crippen molar-refractivity contribution < 1.29 is 19.1 Å². The van der Waals surface area contributed by atoms with Crippen LogP contribution in [0.2, 0.25) is 0 Å². The molecular weight excluding hydrogens is 346 g/mol. The first-order valence-electron chi connectivity index (χ1n) is 9.03. The van der Waals surface area contributed by atoms with E-state index >= 15 is 0 Å². The number of hydrogen-bond acceptors (Lipinski definition) is 4. The Morgan fingerprint density at radius 2 is 2.04 bits per heavy atom. The van der Waals surface area contributed by atoms with Gasteiger partial charge in [0, 0.05) is 20.2 Å². The van der Waals surface area contributed by atoms with Gasteiger partial charge in [-0.1, -0.05) is 18.2 Å². The average molecular weight is 371 g/mol. The normalized spacial score (nSPS) is 19.3. The molecule has 3 amide bonds. The zero-order valence-corrected chi connectivity index (χ0v) is 15.7. The highest BCUT2D eigenvalue weighted by Gasteiger charge is 2.43. The van der Waals surface area contributed by atoms with Gasteiger partial charge in [-0.05, 0) is 24.6 Å². The van der Waals surface area contributed by atoms with Crippen molar-refractivity contribution in [2.45, 2.75) is 13.0 Å². The largest absolute Gasteiger partial charge is 0.494 e. The molecule has 0 saturated carbocycles. The first-order valence-corrected chi connectivity index (χ1v) is 9.03. The minimum Gasteiger partial charge on any atom is -0.494 e. The number of ether oxygens (including phenoxy) is 2. The molecule has 7 nitrogen and oxygen atoms in total. The summed E-state index contributed by atoms with van der Waals surface area (Å²) < 4.78 is 10.6. The van der Waals surface area contributed by atoms with Crippen LogP contribution in [-0.4, -0.2) is 61.7 Å². The Kier molecular flexibility index (Phi) is 5.81. The van der Waals surface area contributed by atoms with Crippen LogP contribution >= 0.6 is 0 Å². The third-order valence-electron chi connectivity index (χ3n) is 4.70. The Bertz CT molecular complexity index is 757. The number of carbonyl (C=O) groups is 2. The van der Waals surface area contributed by atoms with Crippen molar-refractivity contribution in [3.05, 3.63) is 53.8 Å². The van der Waals surface area contributed by atoms with E-state index in [-0.39, 0.29) is 11.9 Å². The number of rotatable bonds is 8. The SMILES string of the molecule is C=CCN1C(=O)N[C@H](c2ccc(OCC)cc2)C2=C1CN(CCOC)C2=O. The van der Waals surface area contributed by atoms with E-state index in [0.29, 0.717) is 38.4 Å². The Morgan fingerprint density at radius 1 is 1.30 bits per heavy atom. The molecule has 2 aliphatic heterocycles. The van der Waals surface area contributed by atoms with Gasteiger partial charge in [0.05, 0.1) is 37.1 Å². The number of hydrogen-bond donors (Lipinski definition) is 1. The summed E-state index contributed by atoms with van der Waals surface area (Å²) in [6.45, 7) is 7.90. The van der Waals surface area contributed by atoms with Crippen molar-refractivity contribution in [1.29, 1.82) is 0 Å². The molecule has 27 heavy (non-hydrogen) atoms. The van der Waals surface area contributed by atoms with E-state index in [0.717, 1.165) is 17.0 Å². The highest BCUT2D eigenvalue weighted by atomic mass is 16.5. The lowest BCUT2D eigenvalue weighted by Crippen LogP contribution is -2.47. The van der Waals surface area contributed by atoms with Crippen molar-refractivity contribution in [3.8, 4) is 5.75 Å². The molecule has 0 spiro atoms. The fourth-order valence-electron chi connectivity index (χ4n) is 3.43. The van der Waals surface area contributed by atoms with Gasteiger partial charge in [-0.25, -0.2) is 4.79 Å². The summed E-state index contributed by atoms with van der Waals surface area (Å²) in [6, 6.07) is 6.76. The van der Waals surface area contributed by atoms with Crippen molar-refractivity contribution in [3.63, 3.8) is 0 Å². The van der Waals surface area contributed by atoms with Crippen LogP contribution in [-0.2, 0) is 9.53 Å². The second-order valence-electron chi connectivity index (χ2n) is 6.36. The molecule has 0 unspecified atom stereocenters. The minimum atomic E-state index is -0.482. The second-order valence-corrected chi connectivity index (χ2v) is 6.36. The van der Waals surface area contributed by atoms with E-state index in [1.54, 1.807) is 23.0 Å². The smallest absolute Gasteiger partial charge is 0.322 e. The molecule has 3 rings (SSSR count). The van der Waals surface area contributed by atoms with Crippen molar-refractivity contribution in [2.75, 3.05) is 40.0 Å². The second kappa shape index (κ2) is 8.26. The molecule has 0 fully saturated rings. The molecular formula is C20H25N3O4. The van der Waals surface area contributed by atoms with Crippen molar-refractivity contribution in [1.82, 2.24) is 15.1 Å². The minimum absolute atomic E-state index is 0.0741. The molecule has 0 saturated heterocycles. The van der Waals surface area contributed by atoms with Gasteiger partial charge in [0.25, 0.3) is 5.91 Å². The fraction of sp³-hybridized carbons (Fsp3) is 0.400. The van der Waals surface area contributed by atoms with Gasteiger partial charge in [0.15, 0.2) is 0 Å². The topological polar surface area (TPSA) is 71.1 Å². The van der Waals surface area contributed by atoms with Crippen molar-refractivity contribution in [2.24, 2.45) is 0 Å². The molecule has 0 radical (unpaired) electrons. The van der Waals surface area contributed by atoms with Gasteiger partial charge < -0.3 is 19.7 Å². The molecule has 144 valence electrons. The zero-order chi connectivity index (χ0) is 19.4. The molecule has 1 aromatic rings. The van der Waals surface area contributed by atoms with Gasteiger partial charge in [0.2, 0.25) is 0 Å². The van der Waals surface area contributed by atoms with Gasteiger partial charge in [0.1, 0.15) is 5.75 Å².